The molecule has 0 fully saturated rings. The summed E-state index contributed by atoms with van der Waals surface area (Å²) in [7, 11) is 2.69. The van der Waals surface area contributed by atoms with E-state index in [1.165, 1.54) is 10.9 Å². The molecule has 0 spiro atoms. The Labute approximate surface area is 76.6 Å². The maximum Gasteiger partial charge on any atom is 0.135 e. The molecule has 0 aliphatic rings. The van der Waals surface area contributed by atoms with Crippen LogP contribution in [0, 0.1) is 0 Å². The predicted molar refractivity (Wildman–Crippen MR) is 57.0 cm³/mol. The third kappa shape index (κ3) is 2.06. The van der Waals surface area contributed by atoms with Crippen LogP contribution in [0.5, 0.6) is 0 Å². The SMILES string of the molecule is CC(C)(C)c1ccc(P)c([NH3+])c1. The Balaban J connectivity index is 3.14. The standard InChI is InChI=1S/C10H16NP/c1-10(2,3)7-4-5-9(12)8(11)6-7/h4-6H,11-12H2,1-3H3/p+1. The molecule has 66 valence electrons. The Kier molecular flexibility index (Phi) is 2.55. The first-order valence-corrected chi connectivity index (χ1v) is 4.71. The van der Waals surface area contributed by atoms with Gasteiger partial charge in [0.15, 0.2) is 0 Å². The monoisotopic (exact) mass is 182 g/mol. The predicted octanol–water partition coefficient (Wildman–Crippen LogP) is 1.36. The zero-order chi connectivity index (χ0) is 9.35. The lowest BCUT2D eigenvalue weighted by Gasteiger charge is -2.18. The number of hydrogen-bond acceptors (Lipinski definition) is 0. The summed E-state index contributed by atoms with van der Waals surface area (Å²) >= 11 is 0. The highest BCUT2D eigenvalue weighted by Crippen LogP contribution is 2.22. The van der Waals surface area contributed by atoms with E-state index in [0.717, 1.165) is 5.69 Å². The highest BCUT2D eigenvalue weighted by molar-refractivity contribution is 7.27. The molecule has 0 bridgehead atoms. The lowest BCUT2D eigenvalue weighted by atomic mass is 9.87. The smallest absolute Gasteiger partial charge is 0.135 e. The molecule has 0 saturated carbocycles. The molecule has 0 radical (unpaired) electrons. The second-order valence-electron chi connectivity index (χ2n) is 4.16. The van der Waals surface area contributed by atoms with E-state index in [4.69, 9.17) is 0 Å². The van der Waals surface area contributed by atoms with Crippen molar-refractivity contribution in [3.05, 3.63) is 23.8 Å². The molecule has 0 heterocycles. The van der Waals surface area contributed by atoms with E-state index < -0.39 is 0 Å². The normalized spacial score (nSPS) is 11.8. The Morgan fingerprint density at radius 1 is 1.25 bits per heavy atom. The van der Waals surface area contributed by atoms with Gasteiger partial charge in [-0.15, -0.1) is 0 Å². The largest absolute Gasteiger partial charge is 0.325 e. The molecule has 0 amide bonds. The lowest BCUT2D eigenvalue weighted by Crippen LogP contribution is -2.44. The van der Waals surface area contributed by atoms with E-state index in [0.29, 0.717) is 0 Å². The van der Waals surface area contributed by atoms with Gasteiger partial charge in [-0.1, -0.05) is 36.1 Å². The third-order valence-corrected chi connectivity index (χ3v) is 2.57. The van der Waals surface area contributed by atoms with Crippen molar-refractivity contribution in [1.29, 1.82) is 0 Å². The van der Waals surface area contributed by atoms with Crippen molar-refractivity contribution < 1.29 is 5.73 Å². The van der Waals surface area contributed by atoms with Gasteiger partial charge < -0.3 is 5.73 Å². The van der Waals surface area contributed by atoms with Crippen molar-refractivity contribution in [2.75, 3.05) is 0 Å². The van der Waals surface area contributed by atoms with Gasteiger partial charge in [-0.25, -0.2) is 0 Å². The summed E-state index contributed by atoms with van der Waals surface area (Å²) in [6.45, 7) is 6.64. The van der Waals surface area contributed by atoms with Crippen LogP contribution in [0.2, 0.25) is 0 Å². The van der Waals surface area contributed by atoms with E-state index in [-0.39, 0.29) is 5.41 Å². The fourth-order valence-corrected chi connectivity index (χ4v) is 1.25. The van der Waals surface area contributed by atoms with Crippen LogP contribution in [0.4, 0.5) is 5.69 Å². The minimum atomic E-state index is 0.227. The molecule has 1 aromatic rings. The maximum absolute atomic E-state index is 3.97. The van der Waals surface area contributed by atoms with E-state index in [1.807, 2.05) is 0 Å². The number of hydrogen-bond donors (Lipinski definition) is 1. The first kappa shape index (κ1) is 9.70. The molecule has 0 saturated heterocycles. The minimum Gasteiger partial charge on any atom is -0.325 e. The van der Waals surface area contributed by atoms with E-state index in [1.54, 1.807) is 0 Å². The fourth-order valence-electron chi connectivity index (χ4n) is 1.07. The third-order valence-electron chi connectivity index (χ3n) is 2.01. The highest BCUT2D eigenvalue weighted by Gasteiger charge is 2.14. The first-order chi connectivity index (χ1) is 5.41. The maximum atomic E-state index is 3.97. The summed E-state index contributed by atoms with van der Waals surface area (Å²) in [5.41, 5.74) is 6.65. The van der Waals surface area contributed by atoms with Crippen LogP contribution in [-0.2, 0) is 5.41 Å². The van der Waals surface area contributed by atoms with Crippen LogP contribution < -0.4 is 11.0 Å². The van der Waals surface area contributed by atoms with Crippen molar-refractivity contribution in [2.45, 2.75) is 26.2 Å². The minimum absolute atomic E-state index is 0.227. The van der Waals surface area contributed by atoms with Crippen LogP contribution >= 0.6 is 9.24 Å². The Bertz CT molecular complexity index is 286. The van der Waals surface area contributed by atoms with Crippen molar-refractivity contribution in [1.82, 2.24) is 0 Å². The molecule has 0 aromatic heterocycles. The number of quaternary nitrogens is 1. The van der Waals surface area contributed by atoms with E-state index in [9.17, 15) is 0 Å². The van der Waals surface area contributed by atoms with Crippen molar-refractivity contribution in [3.63, 3.8) is 0 Å². The Morgan fingerprint density at radius 3 is 2.25 bits per heavy atom. The molecule has 0 aliphatic heterocycles. The molecule has 1 aromatic carbocycles. The molecule has 1 rings (SSSR count). The van der Waals surface area contributed by atoms with Gasteiger partial charge in [-0.2, -0.15) is 0 Å². The molecule has 2 heteroatoms. The van der Waals surface area contributed by atoms with Gasteiger partial charge in [-0.05, 0) is 17.0 Å². The highest BCUT2D eigenvalue weighted by atomic mass is 31.0. The molecule has 1 atom stereocenters. The molecule has 12 heavy (non-hydrogen) atoms. The van der Waals surface area contributed by atoms with Gasteiger partial charge >= 0.3 is 0 Å². The second kappa shape index (κ2) is 3.16. The van der Waals surface area contributed by atoms with Crippen LogP contribution in [0.1, 0.15) is 26.3 Å². The molecular formula is C10H17NP+. The summed E-state index contributed by atoms with van der Waals surface area (Å²) in [6.07, 6.45) is 0. The van der Waals surface area contributed by atoms with Gasteiger partial charge in [0.25, 0.3) is 0 Å². The molecule has 3 N–H and O–H groups in total. The summed E-state index contributed by atoms with van der Waals surface area (Å²) in [5.74, 6) is 0. The Hall–Kier alpha value is -0.390. The quantitative estimate of drug-likeness (QED) is 0.587. The average Bonchev–Trinajstić information content (AvgIpc) is 1.92. The summed E-state index contributed by atoms with van der Waals surface area (Å²) < 4.78 is 0. The van der Waals surface area contributed by atoms with Crippen LogP contribution in [0.3, 0.4) is 0 Å². The van der Waals surface area contributed by atoms with E-state index in [2.05, 4.69) is 53.9 Å². The first-order valence-electron chi connectivity index (χ1n) is 4.13. The van der Waals surface area contributed by atoms with Crippen molar-refractivity contribution in [2.24, 2.45) is 0 Å². The molecule has 0 aliphatic carbocycles. The number of benzene rings is 1. The molecule has 1 unspecified atom stereocenters. The van der Waals surface area contributed by atoms with Crippen LogP contribution in [0.25, 0.3) is 0 Å². The van der Waals surface area contributed by atoms with E-state index >= 15 is 0 Å². The van der Waals surface area contributed by atoms with Gasteiger partial charge in [0.1, 0.15) is 5.69 Å². The molecular weight excluding hydrogens is 165 g/mol. The number of rotatable bonds is 0. The summed E-state index contributed by atoms with van der Waals surface area (Å²) in [5, 5.41) is 1.18. The van der Waals surface area contributed by atoms with Crippen LogP contribution in [-0.4, -0.2) is 0 Å². The average molecular weight is 182 g/mol. The van der Waals surface area contributed by atoms with Gasteiger partial charge in [0, 0.05) is 11.4 Å². The Morgan fingerprint density at radius 2 is 1.83 bits per heavy atom. The topological polar surface area (TPSA) is 27.6 Å². The zero-order valence-corrected chi connectivity index (χ0v) is 9.17. The zero-order valence-electron chi connectivity index (χ0n) is 8.02. The van der Waals surface area contributed by atoms with Crippen LogP contribution in [0.15, 0.2) is 18.2 Å². The van der Waals surface area contributed by atoms with Gasteiger partial charge in [0.2, 0.25) is 0 Å². The van der Waals surface area contributed by atoms with Crippen molar-refractivity contribution in [3.8, 4) is 0 Å². The lowest BCUT2D eigenvalue weighted by molar-refractivity contribution is -0.253. The second-order valence-corrected chi connectivity index (χ2v) is 4.79. The van der Waals surface area contributed by atoms with Crippen molar-refractivity contribution >= 4 is 20.2 Å². The summed E-state index contributed by atoms with van der Waals surface area (Å²) in [6, 6.07) is 6.42. The summed E-state index contributed by atoms with van der Waals surface area (Å²) in [4.78, 5) is 0. The van der Waals surface area contributed by atoms with Gasteiger partial charge in [-0.3, -0.25) is 0 Å². The molecule has 1 nitrogen and oxygen atoms in total. The fraction of sp³-hybridized carbons (Fsp3) is 0.400. The van der Waals surface area contributed by atoms with Gasteiger partial charge in [0.05, 0.1) is 0 Å².